The number of esters is 2. The number of carbonyl (C=O) groups is 5. The van der Waals surface area contributed by atoms with E-state index < -0.39 is 61.5 Å². The molecule has 0 aliphatic heterocycles. The van der Waals surface area contributed by atoms with Crippen molar-refractivity contribution in [2.24, 2.45) is 29.4 Å². The van der Waals surface area contributed by atoms with Gasteiger partial charge in [0.2, 0.25) is 0 Å². The first kappa shape index (κ1) is 79.3. The van der Waals surface area contributed by atoms with Gasteiger partial charge in [-0.15, -0.1) is 0 Å². The van der Waals surface area contributed by atoms with E-state index in [0.717, 1.165) is 43.5 Å². The van der Waals surface area contributed by atoms with Crippen molar-refractivity contribution in [2.75, 3.05) is 62.1 Å². The number of carboxylic acids is 3. The van der Waals surface area contributed by atoms with Crippen molar-refractivity contribution >= 4 is 55.3 Å². The Morgan fingerprint density at radius 3 is 1.55 bits per heavy atom. The molecular weight excluding hydrogens is 919 g/mol. The van der Waals surface area contributed by atoms with E-state index in [1.54, 1.807) is 13.8 Å². The molecule has 5 N–H and O–H groups in total. The van der Waals surface area contributed by atoms with Crippen LogP contribution in [0.25, 0.3) is 0 Å². The lowest BCUT2D eigenvalue weighted by atomic mass is 10.0. The summed E-state index contributed by atoms with van der Waals surface area (Å²) in [5, 5.41) is 36.0. The second kappa shape index (κ2) is 49.2. The maximum absolute atomic E-state index is 11.7. The first-order valence-corrected chi connectivity index (χ1v) is 21.6. The molecule has 0 aliphatic carbocycles. The van der Waals surface area contributed by atoms with Gasteiger partial charge in [-0.2, -0.15) is 0 Å². The maximum atomic E-state index is 11.7. The Labute approximate surface area is 408 Å². The lowest BCUT2D eigenvalue weighted by Crippen LogP contribution is -2.24. The molecule has 0 saturated carbocycles. The molecule has 0 radical (unpaired) electrons. The fourth-order valence-electron chi connectivity index (χ4n) is 4.24. The van der Waals surface area contributed by atoms with Crippen LogP contribution in [0, 0.1) is 33.8 Å². The van der Waals surface area contributed by atoms with E-state index >= 15 is 0 Å². The highest BCUT2D eigenvalue weighted by Gasteiger charge is 2.23. The zero-order valence-electron chi connectivity index (χ0n) is 38.2. The van der Waals surface area contributed by atoms with E-state index in [4.69, 9.17) is 37.8 Å². The zero-order chi connectivity index (χ0) is 49.7. The number of halogens is 2. The summed E-state index contributed by atoms with van der Waals surface area (Å²) in [4.78, 5) is 66.8. The molecule has 2 aromatic carbocycles. The van der Waals surface area contributed by atoms with Gasteiger partial charge in [-0.1, -0.05) is 114 Å². The molecule has 21 heteroatoms. The van der Waals surface area contributed by atoms with Crippen LogP contribution in [0.15, 0.2) is 59.5 Å². The van der Waals surface area contributed by atoms with Crippen LogP contribution in [0.1, 0.15) is 110 Å². The molecule has 0 fully saturated rings. The summed E-state index contributed by atoms with van der Waals surface area (Å²) in [7, 11) is 9.07. The quantitative estimate of drug-likeness (QED) is 0.0416. The molecule has 4 atom stereocenters. The van der Waals surface area contributed by atoms with Crippen molar-refractivity contribution in [2.45, 2.75) is 115 Å². The smallest absolute Gasteiger partial charge is 0.308 e. The number of carboxylic acid groups (broad SMARTS) is 3. The predicted molar refractivity (Wildman–Crippen MR) is 269 cm³/mol. The van der Waals surface area contributed by atoms with Gasteiger partial charge in [-0.3, -0.25) is 38.5 Å². The van der Waals surface area contributed by atoms with E-state index in [1.165, 1.54) is 19.2 Å². The van der Waals surface area contributed by atoms with Crippen molar-refractivity contribution in [1.29, 1.82) is 0 Å². The Balaban J connectivity index is -0.0000000921. The summed E-state index contributed by atoms with van der Waals surface area (Å²) in [5.41, 5.74) is 5.48. The summed E-state index contributed by atoms with van der Waals surface area (Å²) in [6.07, 6.45) is 3.51. The molecular formula is C46H88ClFN4O14S. The average Bonchev–Trinajstić information content (AvgIpc) is 3.21. The topological polar surface area (TPSA) is 274 Å². The van der Waals surface area contributed by atoms with Crippen LogP contribution in [0.5, 0.6) is 0 Å². The zero-order valence-corrected chi connectivity index (χ0v) is 38.8. The van der Waals surface area contributed by atoms with Crippen LogP contribution in [0.2, 0.25) is 0 Å². The lowest BCUT2D eigenvalue weighted by Gasteiger charge is -2.15. The second-order valence-corrected chi connectivity index (χ2v) is 16.5. The van der Waals surface area contributed by atoms with Gasteiger partial charge in [-0.05, 0) is 85.1 Å². The molecule has 2 aromatic rings. The second-order valence-electron chi connectivity index (χ2n) is 14.0. The van der Waals surface area contributed by atoms with Crippen LogP contribution < -0.4 is 5.73 Å². The van der Waals surface area contributed by atoms with Crippen molar-refractivity contribution in [1.82, 2.24) is 9.80 Å². The number of benzene rings is 2. The number of nitrogens with zero attached hydrogens (tertiary/aromatic N) is 3. The number of nitro benzene ring substituents is 1. The molecule has 67 heavy (non-hydrogen) atoms. The molecule has 0 amide bonds. The predicted octanol–water partition coefficient (Wildman–Crippen LogP) is 9.37. The molecule has 396 valence electrons. The highest BCUT2D eigenvalue weighted by atomic mass is 35.7. The first-order chi connectivity index (χ1) is 29.3. The fourth-order valence-corrected chi connectivity index (χ4v) is 5.27. The first-order valence-electron chi connectivity index (χ1n) is 20.0. The Kier molecular flexibility index (Phi) is 58.2. The van der Waals surface area contributed by atoms with Crippen molar-refractivity contribution in [3.63, 3.8) is 0 Å². The third-order valence-electron chi connectivity index (χ3n) is 8.03. The van der Waals surface area contributed by atoms with Crippen LogP contribution in [0.4, 0.5) is 10.1 Å². The average molecular weight is 1010 g/mol. The number of alkyl halides is 1. The van der Waals surface area contributed by atoms with Gasteiger partial charge in [0.1, 0.15) is 6.61 Å². The minimum Gasteiger partial charge on any atom is -0.481 e. The number of hydrogen-bond acceptors (Lipinski definition) is 14. The largest absolute Gasteiger partial charge is 0.481 e. The van der Waals surface area contributed by atoms with E-state index in [1.807, 2.05) is 77.3 Å². The number of methoxy groups -OCH3 is 1. The minimum atomic E-state index is -4.05. The summed E-state index contributed by atoms with van der Waals surface area (Å²) in [6.45, 7) is 9.43. The van der Waals surface area contributed by atoms with Crippen molar-refractivity contribution in [3.05, 3.63) is 70.3 Å². The fraction of sp³-hybridized carbons (Fsp3) is 0.630. The molecule has 0 aliphatic rings. The number of carbonyl (C=O) groups excluding carboxylic acids is 2. The Morgan fingerprint density at radius 2 is 1.22 bits per heavy atom. The maximum Gasteiger partial charge on any atom is 0.308 e. The Morgan fingerprint density at radius 1 is 0.791 bits per heavy atom. The highest BCUT2D eigenvalue weighted by molar-refractivity contribution is 8.13. The monoisotopic (exact) mass is 1010 g/mol. The van der Waals surface area contributed by atoms with Gasteiger partial charge in [0.15, 0.2) is 4.90 Å². The van der Waals surface area contributed by atoms with Gasteiger partial charge < -0.3 is 40.3 Å². The number of nitrogens with two attached hydrogens (primary N) is 1. The number of rotatable bonds is 20. The highest BCUT2D eigenvalue weighted by Crippen LogP contribution is 2.25. The van der Waals surface area contributed by atoms with Crippen LogP contribution in [-0.2, 0) is 49.1 Å². The number of ether oxygens (including phenoxy) is 2. The normalized spacial score (nSPS) is 11.4. The molecule has 2 rings (SSSR count). The Bertz CT molecular complexity index is 1680. The van der Waals surface area contributed by atoms with Crippen LogP contribution in [-0.4, -0.2) is 130 Å². The van der Waals surface area contributed by atoms with Crippen LogP contribution >= 0.6 is 10.7 Å². The third-order valence-corrected chi connectivity index (χ3v) is 9.40. The summed E-state index contributed by atoms with van der Waals surface area (Å²) in [6, 6.07) is 14.2. The van der Waals surface area contributed by atoms with E-state index in [0.29, 0.717) is 25.9 Å². The third kappa shape index (κ3) is 47.5. The Hall–Kier alpha value is -4.76. The lowest BCUT2D eigenvalue weighted by molar-refractivity contribution is -0.387. The summed E-state index contributed by atoms with van der Waals surface area (Å²) in [5.74, 6) is -4.14. The van der Waals surface area contributed by atoms with Gasteiger partial charge in [0.25, 0.3) is 14.7 Å². The number of hydrogen-bond donors (Lipinski definition) is 4. The van der Waals surface area contributed by atoms with Gasteiger partial charge in [-0.25, -0.2) is 8.42 Å². The standard InChI is InChI=1S/C15H21NO4.C8H17NO2.C6H4ClNO4S.C6H12O2.C5H11NO2.CH3F.5CH4/c1-16(2)9-8-13(15(18)19)10-14(17)20-11-12-6-4-3-5-7-12;1-7(8(10)11-4)5-6-9(2)3;7-13(11,12)6-4-2-1-3-5(6)8(9)10;1-3-4-5(2)6(7)8;1-4(2-3-6)5(7)8;1-2;;;;;/h3-7,13H,8-11H2,1-2H3,(H,18,19);7H,5-6H2,1-4H3;1-4H;5H,3-4H2,1-2H3,(H,7,8);4H,2-3,6H2,1H3,(H,7,8);1H3;5*1H4/t13-;7-;;5-;4-;;;;;;/m10.00....../s1/i;;;;;1D;;;;;. The molecule has 0 aromatic heterocycles. The van der Waals surface area contributed by atoms with Gasteiger partial charge in [0.05, 0.1) is 50.6 Å². The van der Waals surface area contributed by atoms with E-state index in [9.17, 15) is 46.9 Å². The van der Waals surface area contributed by atoms with E-state index in [-0.39, 0.29) is 73.9 Å². The minimum absolute atomic E-state index is 0. The molecule has 0 spiro atoms. The van der Waals surface area contributed by atoms with Crippen LogP contribution in [0.3, 0.4) is 0 Å². The van der Waals surface area contributed by atoms with Crippen molar-refractivity contribution < 1.29 is 67.9 Å². The molecule has 0 saturated heterocycles. The summed E-state index contributed by atoms with van der Waals surface area (Å²) >= 11 is 0. The molecule has 0 heterocycles. The van der Waals surface area contributed by atoms with Gasteiger partial charge >= 0.3 is 29.8 Å². The molecule has 0 unspecified atom stereocenters. The van der Waals surface area contributed by atoms with Crippen molar-refractivity contribution in [3.8, 4) is 0 Å². The number of nitro groups is 1. The van der Waals surface area contributed by atoms with E-state index in [2.05, 4.69) is 9.64 Å². The SMILES string of the molecule is C.C.C.C.C.CCC[C@H](C)C(=O)O.CN(C)CC[C@H](CC(=O)OCc1ccccc1)C(=O)O.COC(=O)[C@@H](C)CCN(C)C.C[C@@H](CCN)C(=O)O.O=[N+]([O-])c1ccccc1S(=O)(=O)Cl.[2H]CF. The number of aliphatic carboxylic acids is 3. The molecule has 18 nitrogen and oxygen atoms in total. The molecule has 0 bridgehead atoms. The summed E-state index contributed by atoms with van der Waals surface area (Å²) < 4.78 is 46.8. The van der Waals surface area contributed by atoms with Gasteiger partial charge in [0, 0.05) is 16.7 Å². The number of para-hydroxylation sites is 1.